The largest absolute Gasteiger partial charge is 0.313 e. The second-order valence-corrected chi connectivity index (χ2v) is 16.5. The molecule has 0 aromatic rings. The van der Waals surface area contributed by atoms with Gasteiger partial charge in [-0.3, -0.25) is 8.97 Å². The first-order chi connectivity index (χ1) is 23.9. The molecule has 0 bridgehead atoms. The Morgan fingerprint density at radius 1 is 0.380 bits per heavy atom. The average Bonchev–Trinajstić information content (AvgIpc) is 3.07. The molecule has 0 aromatic heterocycles. The van der Waals surface area contributed by atoms with E-state index in [4.69, 9.17) is 11.6 Å². The fourth-order valence-corrected chi connectivity index (χ4v) is 5.36. The predicted molar refractivity (Wildman–Crippen MR) is 226 cm³/mol. The van der Waals surface area contributed by atoms with Crippen molar-refractivity contribution < 1.29 is 18.6 Å². The number of alkyl halides is 1. The van der Waals surface area contributed by atoms with Crippen LogP contribution < -0.4 is 0 Å². The molecule has 2 amide bonds. The molecule has 0 saturated heterocycles. The van der Waals surface area contributed by atoms with Crippen LogP contribution in [0.1, 0.15) is 207 Å². The Kier molecular flexibility index (Phi) is 43.6. The van der Waals surface area contributed by atoms with E-state index in [1.54, 1.807) is 0 Å². The molecule has 0 aliphatic heterocycles. The molecule has 298 valence electrons. The number of halogens is 1. The van der Waals surface area contributed by atoms with E-state index >= 15 is 0 Å². The Bertz CT molecular complexity index is 700. The van der Waals surface area contributed by atoms with Crippen molar-refractivity contribution in [2.75, 3.05) is 48.2 Å². The third-order valence-electron chi connectivity index (χ3n) is 8.99. The molecule has 0 radical (unpaired) electrons. The smallest absolute Gasteiger partial charge is 0.268 e. The predicted octanol–water partition coefficient (Wildman–Crippen LogP) is 14.1. The topological polar surface area (TPSA) is 34.1 Å². The highest BCUT2D eigenvalue weighted by molar-refractivity contribution is 6.17. The average molecular weight is 728 g/mol. The minimum absolute atomic E-state index is 0.350. The molecular formula is C45H91ClN2O2+2. The first-order valence-electron chi connectivity index (χ1n) is 21.4. The van der Waals surface area contributed by atoms with Gasteiger partial charge >= 0.3 is 11.8 Å². The van der Waals surface area contributed by atoms with Gasteiger partial charge in [-0.2, -0.15) is 0 Å². The molecule has 0 aromatic carbocycles. The van der Waals surface area contributed by atoms with Gasteiger partial charge in [0.1, 0.15) is 0 Å². The molecule has 4 nitrogen and oxygen atoms in total. The molecule has 50 heavy (non-hydrogen) atoms. The summed E-state index contributed by atoms with van der Waals surface area (Å²) in [6.45, 7) is 6.59. The maximum atomic E-state index is 11.8. The highest BCUT2D eigenvalue weighted by Crippen LogP contribution is 2.13. The number of hydrogen-bond acceptors (Lipinski definition) is 2. The number of carbonyl (C=O) groups is 2. The fraction of sp³-hybridized carbons (Fsp3) is 0.867. The molecular weight excluding hydrogens is 636 g/mol. The van der Waals surface area contributed by atoms with E-state index in [-0.39, 0.29) is 0 Å². The number of carbonyl (C=O) groups excluding carboxylic acids is 2. The van der Waals surface area contributed by atoms with E-state index in [1.165, 1.54) is 154 Å². The van der Waals surface area contributed by atoms with Gasteiger partial charge in [0.05, 0.1) is 55.1 Å². The van der Waals surface area contributed by atoms with Crippen molar-refractivity contribution in [2.45, 2.75) is 207 Å². The van der Waals surface area contributed by atoms with Crippen LogP contribution in [0.4, 0.5) is 0 Å². The first-order valence-corrected chi connectivity index (χ1v) is 22.0. The van der Waals surface area contributed by atoms with Gasteiger partial charge in [0.2, 0.25) is 0 Å². The van der Waals surface area contributed by atoms with Crippen molar-refractivity contribution in [3.05, 3.63) is 24.3 Å². The summed E-state index contributed by atoms with van der Waals surface area (Å²) in [4.78, 5) is 23.5. The molecule has 5 heteroatoms. The Morgan fingerprint density at radius 3 is 0.820 bits per heavy atom. The maximum absolute atomic E-state index is 11.8. The summed E-state index contributed by atoms with van der Waals surface area (Å²) in [7, 11) is 11.7. The number of allylic oxidation sites excluding steroid dienone is 4. The summed E-state index contributed by atoms with van der Waals surface area (Å²) >= 11 is 5.19. The first kappa shape index (κ1) is 53.4. The van der Waals surface area contributed by atoms with E-state index in [9.17, 15) is 9.59 Å². The SMILES string of the molecule is CCCCCCCC/C=C\CCCCCCCC(=O)[N+](C)(C)C.CCCCCCCC/C=C\CCCCCCCC(=O)[N+](C)(C)C.CCCCl. The van der Waals surface area contributed by atoms with E-state index in [2.05, 4.69) is 38.2 Å². The van der Waals surface area contributed by atoms with Gasteiger partial charge < -0.3 is 0 Å². The van der Waals surface area contributed by atoms with E-state index in [0.717, 1.165) is 38.0 Å². The van der Waals surface area contributed by atoms with Gasteiger partial charge in [-0.05, 0) is 70.6 Å². The molecule has 0 spiro atoms. The lowest BCUT2D eigenvalue weighted by Crippen LogP contribution is -2.40. The van der Waals surface area contributed by atoms with Crippen LogP contribution in [0.15, 0.2) is 24.3 Å². The Hall–Kier alpha value is -0.970. The summed E-state index contributed by atoms with van der Waals surface area (Å²) in [5, 5.41) is 0. The van der Waals surface area contributed by atoms with Gasteiger partial charge in [-0.15, -0.1) is 11.6 Å². The third-order valence-corrected chi connectivity index (χ3v) is 9.37. The van der Waals surface area contributed by atoms with Crippen molar-refractivity contribution in [1.82, 2.24) is 0 Å². The van der Waals surface area contributed by atoms with Gasteiger partial charge in [0, 0.05) is 5.88 Å². The summed E-state index contributed by atoms with van der Waals surface area (Å²) in [5.41, 5.74) is 0. The highest BCUT2D eigenvalue weighted by Gasteiger charge is 2.19. The van der Waals surface area contributed by atoms with Gasteiger partial charge in [-0.25, -0.2) is 9.59 Å². The molecule has 0 unspecified atom stereocenters. The van der Waals surface area contributed by atoms with E-state index in [0.29, 0.717) is 20.8 Å². The number of unbranched alkanes of at least 4 members (excludes halogenated alkanes) is 22. The lowest BCUT2D eigenvalue weighted by Gasteiger charge is -2.20. The standard InChI is InChI=1S/2C21H42NO.C3H7Cl/c2*1-5-6-7-8-9-10-11-12-13-14-15-16-17-18-19-20-21(23)22(2,3)4;1-2-3-4/h2*12-13H,5-11,14-20H2,1-4H3;2-3H2,1H3/q2*+1;/b2*13-12-;. The van der Waals surface area contributed by atoms with Crippen molar-refractivity contribution in [3.63, 3.8) is 0 Å². The lowest BCUT2D eigenvalue weighted by molar-refractivity contribution is -0.792. The number of hydrogen-bond donors (Lipinski definition) is 0. The normalized spacial score (nSPS) is 11.8. The molecule has 0 rings (SSSR count). The lowest BCUT2D eigenvalue weighted by atomic mass is 10.1. The minimum Gasteiger partial charge on any atom is -0.268 e. The quantitative estimate of drug-likeness (QED) is 0.0308. The third kappa shape index (κ3) is 47.0. The van der Waals surface area contributed by atoms with Crippen LogP contribution in [0.3, 0.4) is 0 Å². The summed E-state index contributed by atoms with van der Waals surface area (Å²) in [6.07, 6.45) is 46.0. The van der Waals surface area contributed by atoms with Crippen LogP contribution in [-0.4, -0.2) is 68.9 Å². The molecule has 0 aliphatic carbocycles. The second kappa shape index (κ2) is 40.8. The van der Waals surface area contributed by atoms with Crippen molar-refractivity contribution >= 4 is 23.4 Å². The van der Waals surface area contributed by atoms with Crippen molar-refractivity contribution in [1.29, 1.82) is 0 Å². The number of nitrogens with zero attached hydrogens (tertiary/aromatic N) is 2. The van der Waals surface area contributed by atoms with Crippen LogP contribution in [-0.2, 0) is 9.59 Å². The summed E-state index contributed by atoms with van der Waals surface area (Å²) in [6, 6.07) is 0. The molecule has 0 saturated carbocycles. The van der Waals surface area contributed by atoms with Gasteiger partial charge in [0.25, 0.3) is 0 Å². The molecule has 0 heterocycles. The van der Waals surface area contributed by atoms with Crippen molar-refractivity contribution in [3.8, 4) is 0 Å². The fourth-order valence-electron chi connectivity index (χ4n) is 5.36. The summed E-state index contributed by atoms with van der Waals surface area (Å²) in [5.74, 6) is 1.49. The van der Waals surface area contributed by atoms with Crippen LogP contribution in [0.25, 0.3) is 0 Å². The molecule has 0 fully saturated rings. The second-order valence-electron chi connectivity index (χ2n) is 16.2. The van der Waals surface area contributed by atoms with Crippen LogP contribution in [0, 0.1) is 0 Å². The number of quaternary nitrogens is 2. The number of amides is 2. The van der Waals surface area contributed by atoms with Crippen LogP contribution in [0.5, 0.6) is 0 Å². The van der Waals surface area contributed by atoms with Gasteiger partial charge in [-0.1, -0.05) is 148 Å². The molecule has 0 atom stereocenters. The monoisotopic (exact) mass is 727 g/mol. The zero-order valence-corrected chi connectivity index (χ0v) is 36.4. The molecule has 0 aliphatic rings. The Morgan fingerprint density at radius 2 is 0.600 bits per heavy atom. The summed E-state index contributed by atoms with van der Waals surface area (Å²) < 4.78 is 0.923. The molecule has 0 N–H and O–H groups in total. The minimum atomic E-state index is 0.350. The van der Waals surface area contributed by atoms with Crippen molar-refractivity contribution in [2.24, 2.45) is 0 Å². The highest BCUT2D eigenvalue weighted by atomic mass is 35.5. The Balaban J connectivity index is -0.000000797. The maximum Gasteiger partial charge on any atom is 0.313 e. The van der Waals surface area contributed by atoms with E-state index in [1.807, 2.05) is 49.2 Å². The van der Waals surface area contributed by atoms with E-state index < -0.39 is 0 Å². The zero-order valence-electron chi connectivity index (χ0n) is 35.6. The Labute approximate surface area is 320 Å². The number of rotatable bonds is 31. The zero-order chi connectivity index (χ0) is 38.2. The van der Waals surface area contributed by atoms with Crippen LogP contribution >= 0.6 is 11.6 Å². The van der Waals surface area contributed by atoms with Gasteiger partial charge in [0.15, 0.2) is 0 Å². The van der Waals surface area contributed by atoms with Crippen LogP contribution in [0.2, 0.25) is 0 Å².